The molecule has 0 bridgehead atoms. The molecule has 1 saturated heterocycles. The second-order valence-corrected chi connectivity index (χ2v) is 9.95. The lowest BCUT2D eigenvalue weighted by atomic mass is 10.1. The fourth-order valence-electron chi connectivity index (χ4n) is 3.65. The van der Waals surface area contributed by atoms with Gasteiger partial charge in [-0.2, -0.15) is 0 Å². The lowest BCUT2D eigenvalue weighted by Gasteiger charge is -2.12. The number of thioether (sulfide) groups is 1. The highest BCUT2D eigenvalue weighted by molar-refractivity contribution is 8.18. The fourth-order valence-corrected chi connectivity index (χ4v) is 5.11. The third kappa shape index (κ3) is 5.54. The highest BCUT2D eigenvalue weighted by atomic mass is 35.5. The van der Waals surface area contributed by atoms with Crippen LogP contribution in [0, 0.1) is 6.92 Å². The van der Waals surface area contributed by atoms with Crippen LogP contribution in [0.5, 0.6) is 5.75 Å². The number of fused-ring (bicyclic) bond motifs is 1. The number of nitrogens with zero attached hydrogens (tertiary/aromatic N) is 1. The maximum Gasteiger partial charge on any atom is 0.264 e. The van der Waals surface area contributed by atoms with Crippen LogP contribution in [0.3, 0.4) is 0 Å². The zero-order valence-corrected chi connectivity index (χ0v) is 21.0. The van der Waals surface area contributed by atoms with Crippen molar-refractivity contribution in [2.24, 2.45) is 4.99 Å². The van der Waals surface area contributed by atoms with Gasteiger partial charge in [-0.3, -0.25) is 4.79 Å². The molecule has 4 aromatic rings. The van der Waals surface area contributed by atoms with Crippen molar-refractivity contribution in [3.05, 3.63) is 111 Å². The molecule has 0 saturated carbocycles. The van der Waals surface area contributed by atoms with Gasteiger partial charge in [0.05, 0.1) is 20.6 Å². The first-order chi connectivity index (χ1) is 16.9. The Kier molecular flexibility index (Phi) is 6.82. The van der Waals surface area contributed by atoms with Crippen molar-refractivity contribution in [3.8, 4) is 5.75 Å². The van der Waals surface area contributed by atoms with Crippen LogP contribution in [0.2, 0.25) is 10.0 Å². The van der Waals surface area contributed by atoms with Gasteiger partial charge < -0.3 is 10.1 Å². The second kappa shape index (κ2) is 10.2. The fraction of sp³-hybridized carbons (Fsp3) is 0.0714. The smallest absolute Gasteiger partial charge is 0.264 e. The summed E-state index contributed by atoms with van der Waals surface area (Å²) in [7, 11) is 0. The number of carbonyl (C=O) groups is 1. The first-order valence-corrected chi connectivity index (χ1v) is 12.5. The molecule has 0 unspecified atom stereocenters. The molecule has 0 aromatic heterocycles. The summed E-state index contributed by atoms with van der Waals surface area (Å²) in [4.78, 5) is 17.5. The first kappa shape index (κ1) is 23.5. The van der Waals surface area contributed by atoms with Crippen LogP contribution in [0.4, 0.5) is 5.69 Å². The second-order valence-electron chi connectivity index (χ2n) is 8.10. The number of nitrogens with one attached hydrogen (secondary N) is 1. The SMILES string of the molecule is Cc1ccc(N=C2NC(=O)/C(=C\c3cc(Cl)c(OCc4ccc5ccccc5c4)c(Cl)c3)S2)cc1. The van der Waals surface area contributed by atoms with Gasteiger partial charge in [-0.1, -0.05) is 77.3 Å². The molecule has 7 heteroatoms. The summed E-state index contributed by atoms with van der Waals surface area (Å²) in [6.07, 6.45) is 1.74. The van der Waals surface area contributed by atoms with Gasteiger partial charge in [0, 0.05) is 0 Å². The topological polar surface area (TPSA) is 50.7 Å². The summed E-state index contributed by atoms with van der Waals surface area (Å²) in [5.74, 6) is 0.193. The Hall–Kier alpha value is -3.25. The molecule has 1 fully saturated rings. The van der Waals surface area contributed by atoms with Crippen LogP contribution in [0.25, 0.3) is 16.8 Å². The van der Waals surface area contributed by atoms with Crippen LogP contribution in [-0.2, 0) is 11.4 Å². The van der Waals surface area contributed by atoms with E-state index in [0.717, 1.165) is 22.2 Å². The van der Waals surface area contributed by atoms with E-state index < -0.39 is 0 Å². The molecule has 0 radical (unpaired) electrons. The number of benzene rings is 4. The van der Waals surface area contributed by atoms with E-state index in [2.05, 4.69) is 34.6 Å². The van der Waals surface area contributed by atoms with E-state index in [9.17, 15) is 4.79 Å². The maximum atomic E-state index is 12.5. The lowest BCUT2D eigenvalue weighted by Crippen LogP contribution is -2.19. The van der Waals surface area contributed by atoms with Crippen LogP contribution in [-0.4, -0.2) is 11.1 Å². The maximum absolute atomic E-state index is 12.5. The Morgan fingerprint density at radius 2 is 1.66 bits per heavy atom. The van der Waals surface area contributed by atoms with E-state index in [1.54, 1.807) is 18.2 Å². The van der Waals surface area contributed by atoms with Crippen LogP contribution >= 0.6 is 35.0 Å². The predicted octanol–water partition coefficient (Wildman–Crippen LogP) is 7.93. The number of hydrogen-bond donors (Lipinski definition) is 1. The van der Waals surface area contributed by atoms with E-state index in [0.29, 0.717) is 38.0 Å². The summed E-state index contributed by atoms with van der Waals surface area (Å²) < 4.78 is 5.95. The monoisotopic (exact) mass is 518 g/mol. The van der Waals surface area contributed by atoms with Gasteiger partial charge in [-0.05, 0) is 77.0 Å². The van der Waals surface area contributed by atoms with E-state index >= 15 is 0 Å². The van der Waals surface area contributed by atoms with Gasteiger partial charge in [0.1, 0.15) is 6.61 Å². The summed E-state index contributed by atoms with van der Waals surface area (Å²) >= 11 is 14.3. The number of carbonyl (C=O) groups excluding carboxylic acids is 1. The highest BCUT2D eigenvalue weighted by Gasteiger charge is 2.24. The van der Waals surface area contributed by atoms with E-state index in [1.165, 1.54) is 17.1 Å². The average Bonchev–Trinajstić information content (AvgIpc) is 3.18. The molecule has 0 spiro atoms. The van der Waals surface area contributed by atoms with Crippen molar-refractivity contribution in [1.29, 1.82) is 0 Å². The predicted molar refractivity (Wildman–Crippen MR) is 147 cm³/mol. The molecule has 1 aliphatic heterocycles. The van der Waals surface area contributed by atoms with E-state index in [1.807, 2.05) is 49.4 Å². The van der Waals surface area contributed by atoms with Crippen LogP contribution in [0.1, 0.15) is 16.7 Å². The number of halogens is 2. The zero-order chi connectivity index (χ0) is 24.4. The molecule has 1 heterocycles. The number of aryl methyl sites for hydroxylation is 1. The molecule has 35 heavy (non-hydrogen) atoms. The molecule has 5 rings (SSSR count). The number of ether oxygens (including phenoxy) is 1. The molecule has 1 N–H and O–H groups in total. The van der Waals surface area contributed by atoms with Crippen molar-refractivity contribution in [1.82, 2.24) is 5.32 Å². The Balaban J connectivity index is 1.31. The largest absolute Gasteiger partial charge is 0.486 e. The van der Waals surface area contributed by atoms with Crippen LogP contribution < -0.4 is 10.1 Å². The van der Waals surface area contributed by atoms with Gasteiger partial charge in [0.15, 0.2) is 10.9 Å². The Morgan fingerprint density at radius 1 is 0.943 bits per heavy atom. The zero-order valence-electron chi connectivity index (χ0n) is 18.7. The van der Waals surface area contributed by atoms with Crippen molar-refractivity contribution >= 4 is 68.6 Å². The summed E-state index contributed by atoms with van der Waals surface area (Å²) in [5, 5.41) is 6.39. The van der Waals surface area contributed by atoms with Gasteiger partial charge in [0.25, 0.3) is 5.91 Å². The van der Waals surface area contributed by atoms with Crippen molar-refractivity contribution in [3.63, 3.8) is 0 Å². The van der Waals surface area contributed by atoms with Crippen LogP contribution in [0.15, 0.2) is 88.8 Å². The Bertz CT molecular complexity index is 1470. The summed E-state index contributed by atoms with van der Waals surface area (Å²) in [6.45, 7) is 2.35. The molecule has 4 nitrogen and oxygen atoms in total. The van der Waals surface area contributed by atoms with Gasteiger partial charge in [-0.25, -0.2) is 4.99 Å². The minimum absolute atomic E-state index is 0.218. The average molecular weight is 519 g/mol. The lowest BCUT2D eigenvalue weighted by molar-refractivity contribution is -0.115. The van der Waals surface area contributed by atoms with E-state index in [4.69, 9.17) is 27.9 Å². The number of hydrogen-bond acceptors (Lipinski definition) is 4. The third-order valence-electron chi connectivity index (χ3n) is 5.43. The molecule has 1 aliphatic rings. The summed E-state index contributed by atoms with van der Waals surface area (Å²) in [6, 6.07) is 25.6. The third-order valence-corrected chi connectivity index (χ3v) is 6.90. The van der Waals surface area contributed by atoms with Gasteiger partial charge in [0.2, 0.25) is 0 Å². The molecule has 4 aromatic carbocycles. The quantitative estimate of drug-likeness (QED) is 0.273. The minimum Gasteiger partial charge on any atom is -0.486 e. The van der Waals surface area contributed by atoms with E-state index in [-0.39, 0.29) is 5.91 Å². The first-order valence-electron chi connectivity index (χ1n) is 10.9. The van der Waals surface area contributed by atoms with Crippen molar-refractivity contribution < 1.29 is 9.53 Å². The molecule has 0 atom stereocenters. The minimum atomic E-state index is -0.218. The van der Waals surface area contributed by atoms with Gasteiger partial charge >= 0.3 is 0 Å². The Morgan fingerprint density at radius 3 is 2.40 bits per heavy atom. The highest BCUT2D eigenvalue weighted by Crippen LogP contribution is 2.37. The van der Waals surface area contributed by atoms with Crippen molar-refractivity contribution in [2.75, 3.05) is 0 Å². The number of rotatable bonds is 5. The Labute approximate surface area is 217 Å². The number of amides is 1. The molecule has 1 amide bonds. The molecule has 174 valence electrons. The van der Waals surface area contributed by atoms with Crippen molar-refractivity contribution in [2.45, 2.75) is 13.5 Å². The standard InChI is InChI=1S/C28H20Cl2N2O2S/c1-17-6-10-22(11-7-17)31-28-32-27(33)25(35-28)15-19-13-23(29)26(24(30)14-19)34-16-18-8-9-20-4-2-3-5-21(20)12-18/h2-15H,16H2,1H3,(H,31,32,33)/b25-15+. The normalized spacial score (nSPS) is 15.7. The molecular formula is C28H20Cl2N2O2S. The molecule has 0 aliphatic carbocycles. The summed E-state index contributed by atoms with van der Waals surface area (Å²) in [5.41, 5.74) is 3.64. The number of amidine groups is 1. The van der Waals surface area contributed by atoms with Gasteiger partial charge in [-0.15, -0.1) is 0 Å². The number of aliphatic imine (C=N–C) groups is 1. The molecular weight excluding hydrogens is 499 g/mol.